The highest BCUT2D eigenvalue weighted by atomic mass is 16.1. The van der Waals surface area contributed by atoms with Crippen LogP contribution in [0.25, 0.3) is 0 Å². The van der Waals surface area contributed by atoms with E-state index in [1.807, 2.05) is 0 Å². The SMILES string of the molecule is CC(=O)[C@H]1CC=C(C)[C@@H](CC=C(C)C)C1. The molecule has 0 heterocycles. The molecule has 0 amide bonds. The summed E-state index contributed by atoms with van der Waals surface area (Å²) in [5, 5.41) is 0. The van der Waals surface area contributed by atoms with Crippen LogP contribution in [0, 0.1) is 11.8 Å². The standard InChI is InChI=1S/C14H22O/c1-10(2)5-7-13-9-14(12(4)15)8-6-11(13)3/h5-6,13-14H,7-9H2,1-4H3/t13-,14-/m0/s1. The number of hydrogen-bond acceptors (Lipinski definition) is 1. The smallest absolute Gasteiger partial charge is 0.133 e. The predicted molar refractivity (Wildman–Crippen MR) is 64.7 cm³/mol. The Labute approximate surface area is 93.3 Å². The van der Waals surface area contributed by atoms with Gasteiger partial charge in [0, 0.05) is 5.92 Å². The van der Waals surface area contributed by atoms with Gasteiger partial charge in [-0.2, -0.15) is 0 Å². The van der Waals surface area contributed by atoms with Gasteiger partial charge in [0.2, 0.25) is 0 Å². The molecule has 0 aromatic heterocycles. The molecular weight excluding hydrogens is 184 g/mol. The largest absolute Gasteiger partial charge is 0.300 e. The van der Waals surface area contributed by atoms with E-state index in [4.69, 9.17) is 0 Å². The fourth-order valence-electron chi connectivity index (χ4n) is 2.11. The fourth-order valence-corrected chi connectivity index (χ4v) is 2.11. The molecule has 1 heteroatoms. The number of hydrogen-bond donors (Lipinski definition) is 0. The van der Waals surface area contributed by atoms with E-state index in [1.165, 1.54) is 11.1 Å². The van der Waals surface area contributed by atoms with E-state index in [0.717, 1.165) is 19.3 Å². The maximum absolute atomic E-state index is 11.3. The summed E-state index contributed by atoms with van der Waals surface area (Å²) in [7, 11) is 0. The lowest BCUT2D eigenvalue weighted by molar-refractivity contribution is -0.121. The van der Waals surface area contributed by atoms with Crippen LogP contribution in [0.4, 0.5) is 0 Å². The van der Waals surface area contributed by atoms with Crippen LogP contribution >= 0.6 is 0 Å². The first kappa shape index (κ1) is 12.2. The topological polar surface area (TPSA) is 17.1 Å². The summed E-state index contributed by atoms with van der Waals surface area (Å²) >= 11 is 0. The lowest BCUT2D eigenvalue weighted by Crippen LogP contribution is -2.20. The Hall–Kier alpha value is -0.850. The summed E-state index contributed by atoms with van der Waals surface area (Å²) < 4.78 is 0. The number of rotatable bonds is 3. The third kappa shape index (κ3) is 3.65. The second kappa shape index (κ2) is 5.29. The van der Waals surface area contributed by atoms with Gasteiger partial charge in [-0.05, 0) is 52.9 Å². The van der Waals surface area contributed by atoms with Crippen LogP contribution in [0.15, 0.2) is 23.3 Å². The summed E-state index contributed by atoms with van der Waals surface area (Å²) in [5.41, 5.74) is 2.83. The minimum absolute atomic E-state index is 0.268. The summed E-state index contributed by atoms with van der Waals surface area (Å²) in [6.45, 7) is 8.17. The average Bonchev–Trinajstić information content (AvgIpc) is 2.16. The molecule has 0 bridgehead atoms. The normalized spacial score (nSPS) is 25.7. The highest BCUT2D eigenvalue weighted by molar-refractivity contribution is 5.78. The Morgan fingerprint density at radius 2 is 2.13 bits per heavy atom. The summed E-state index contributed by atoms with van der Waals surface area (Å²) in [5.74, 6) is 1.20. The molecule has 1 aliphatic carbocycles. The number of allylic oxidation sites excluding steroid dienone is 4. The molecule has 2 atom stereocenters. The van der Waals surface area contributed by atoms with Gasteiger partial charge in [0.15, 0.2) is 0 Å². The lowest BCUT2D eigenvalue weighted by atomic mass is 9.78. The molecule has 0 radical (unpaired) electrons. The molecule has 0 spiro atoms. The van der Waals surface area contributed by atoms with Gasteiger partial charge in [-0.1, -0.05) is 23.3 Å². The van der Waals surface area contributed by atoms with Crippen molar-refractivity contribution in [3.8, 4) is 0 Å². The Morgan fingerprint density at radius 3 is 2.67 bits per heavy atom. The highest BCUT2D eigenvalue weighted by Crippen LogP contribution is 2.32. The molecule has 0 aliphatic heterocycles. The van der Waals surface area contributed by atoms with Crippen molar-refractivity contribution in [3.63, 3.8) is 0 Å². The molecule has 0 aromatic carbocycles. The maximum Gasteiger partial charge on any atom is 0.133 e. The first-order chi connectivity index (χ1) is 7.00. The number of carbonyl (C=O) groups excluding carboxylic acids is 1. The molecule has 1 rings (SSSR count). The molecule has 84 valence electrons. The maximum atomic E-state index is 11.3. The lowest BCUT2D eigenvalue weighted by Gasteiger charge is -2.26. The van der Waals surface area contributed by atoms with Gasteiger partial charge in [0.05, 0.1) is 0 Å². The van der Waals surface area contributed by atoms with Gasteiger partial charge in [0.1, 0.15) is 5.78 Å². The predicted octanol–water partition coefficient (Wildman–Crippen LogP) is 3.90. The van der Waals surface area contributed by atoms with Crippen LogP contribution < -0.4 is 0 Å². The second-order valence-electron chi connectivity index (χ2n) is 4.94. The van der Waals surface area contributed by atoms with Crippen molar-refractivity contribution in [1.82, 2.24) is 0 Å². The van der Waals surface area contributed by atoms with E-state index < -0.39 is 0 Å². The third-order valence-electron chi connectivity index (χ3n) is 3.32. The zero-order valence-electron chi connectivity index (χ0n) is 10.3. The van der Waals surface area contributed by atoms with Crippen LogP contribution in [-0.2, 0) is 4.79 Å². The number of ketones is 1. The summed E-state index contributed by atoms with van der Waals surface area (Å²) in [6, 6.07) is 0. The molecule has 1 aliphatic rings. The van der Waals surface area contributed by atoms with Gasteiger partial charge in [0.25, 0.3) is 0 Å². The highest BCUT2D eigenvalue weighted by Gasteiger charge is 2.23. The van der Waals surface area contributed by atoms with Crippen molar-refractivity contribution in [2.24, 2.45) is 11.8 Å². The van der Waals surface area contributed by atoms with Crippen LogP contribution in [-0.4, -0.2) is 5.78 Å². The van der Waals surface area contributed by atoms with Crippen LogP contribution in [0.5, 0.6) is 0 Å². The quantitative estimate of drug-likeness (QED) is 0.640. The van der Waals surface area contributed by atoms with Gasteiger partial charge in [-0.3, -0.25) is 4.79 Å². The van der Waals surface area contributed by atoms with Gasteiger partial charge >= 0.3 is 0 Å². The molecule has 0 unspecified atom stereocenters. The Balaban J connectivity index is 2.64. The van der Waals surface area contributed by atoms with Gasteiger partial charge in [-0.15, -0.1) is 0 Å². The van der Waals surface area contributed by atoms with E-state index >= 15 is 0 Å². The minimum atomic E-state index is 0.268. The molecule has 0 saturated carbocycles. The number of Topliss-reactive ketones (excluding diaryl/α,β-unsaturated/α-hetero) is 1. The monoisotopic (exact) mass is 206 g/mol. The molecule has 15 heavy (non-hydrogen) atoms. The Kier molecular flexibility index (Phi) is 4.31. The van der Waals surface area contributed by atoms with E-state index in [0.29, 0.717) is 11.7 Å². The zero-order chi connectivity index (χ0) is 11.4. The van der Waals surface area contributed by atoms with Crippen LogP contribution in [0.2, 0.25) is 0 Å². The zero-order valence-corrected chi connectivity index (χ0v) is 10.3. The third-order valence-corrected chi connectivity index (χ3v) is 3.32. The van der Waals surface area contributed by atoms with Crippen molar-refractivity contribution < 1.29 is 4.79 Å². The van der Waals surface area contributed by atoms with Crippen molar-refractivity contribution >= 4 is 5.78 Å². The van der Waals surface area contributed by atoms with Gasteiger partial charge in [-0.25, -0.2) is 0 Å². The molecule has 0 fully saturated rings. The molecular formula is C14H22O. The van der Waals surface area contributed by atoms with E-state index in [-0.39, 0.29) is 5.92 Å². The number of carbonyl (C=O) groups is 1. The first-order valence-electron chi connectivity index (χ1n) is 5.81. The van der Waals surface area contributed by atoms with Crippen molar-refractivity contribution in [2.75, 3.05) is 0 Å². The Morgan fingerprint density at radius 1 is 1.47 bits per heavy atom. The fraction of sp³-hybridized carbons (Fsp3) is 0.643. The summed E-state index contributed by atoms with van der Waals surface area (Å²) in [6.07, 6.45) is 7.62. The second-order valence-corrected chi connectivity index (χ2v) is 4.94. The Bertz CT molecular complexity index is 292. The first-order valence-corrected chi connectivity index (χ1v) is 5.81. The van der Waals surface area contributed by atoms with E-state index in [2.05, 4.69) is 32.9 Å². The molecule has 1 nitrogen and oxygen atoms in total. The molecule has 0 aromatic rings. The molecule has 0 N–H and O–H groups in total. The van der Waals surface area contributed by atoms with Crippen molar-refractivity contribution in [3.05, 3.63) is 23.3 Å². The minimum Gasteiger partial charge on any atom is -0.300 e. The van der Waals surface area contributed by atoms with Crippen LogP contribution in [0.3, 0.4) is 0 Å². The van der Waals surface area contributed by atoms with Crippen molar-refractivity contribution in [1.29, 1.82) is 0 Å². The van der Waals surface area contributed by atoms with E-state index in [9.17, 15) is 4.79 Å². The summed E-state index contributed by atoms with van der Waals surface area (Å²) in [4.78, 5) is 11.3. The molecule has 0 saturated heterocycles. The van der Waals surface area contributed by atoms with Gasteiger partial charge < -0.3 is 0 Å². The van der Waals surface area contributed by atoms with Crippen molar-refractivity contribution in [2.45, 2.75) is 47.0 Å². The van der Waals surface area contributed by atoms with E-state index in [1.54, 1.807) is 6.92 Å². The average molecular weight is 206 g/mol. The van der Waals surface area contributed by atoms with Crippen LogP contribution in [0.1, 0.15) is 47.0 Å².